The summed E-state index contributed by atoms with van der Waals surface area (Å²) in [6.45, 7) is 2.90. The summed E-state index contributed by atoms with van der Waals surface area (Å²) in [5, 5.41) is 20.5. The van der Waals surface area contributed by atoms with Crippen LogP contribution < -0.4 is 4.90 Å². The molecule has 1 aliphatic rings. The lowest BCUT2D eigenvalue weighted by Crippen LogP contribution is -2.30. The first-order chi connectivity index (χ1) is 10.1. The number of nitrogens with zero attached hydrogens (tertiary/aromatic N) is 3. The predicted molar refractivity (Wildman–Crippen MR) is 81.0 cm³/mol. The van der Waals surface area contributed by atoms with Crippen LogP contribution >= 0.6 is 11.3 Å². The molecule has 2 atom stereocenters. The van der Waals surface area contributed by atoms with E-state index in [0.29, 0.717) is 6.42 Å². The number of halogens is 1. The fraction of sp³-hybridized carbons (Fsp3) is 0.467. The number of rotatable bonds is 4. The van der Waals surface area contributed by atoms with Crippen molar-refractivity contribution in [1.29, 1.82) is 0 Å². The summed E-state index contributed by atoms with van der Waals surface area (Å²) in [5.41, 5.74) is 0.761. The molecule has 2 heterocycles. The summed E-state index contributed by atoms with van der Waals surface area (Å²) < 4.78 is 12.9. The van der Waals surface area contributed by atoms with Gasteiger partial charge in [-0.2, -0.15) is 0 Å². The molecule has 1 aromatic carbocycles. The second-order valence-corrected chi connectivity index (χ2v) is 6.56. The zero-order chi connectivity index (χ0) is 14.8. The highest BCUT2D eigenvalue weighted by atomic mass is 32.1. The van der Waals surface area contributed by atoms with Crippen LogP contribution in [0.4, 0.5) is 9.52 Å². The third-order valence-electron chi connectivity index (χ3n) is 3.89. The van der Waals surface area contributed by atoms with Crippen LogP contribution in [-0.2, 0) is 0 Å². The van der Waals surface area contributed by atoms with Crippen molar-refractivity contribution in [2.45, 2.75) is 38.3 Å². The van der Waals surface area contributed by atoms with Crippen LogP contribution in [0.15, 0.2) is 24.3 Å². The quantitative estimate of drug-likeness (QED) is 0.943. The minimum Gasteiger partial charge on any atom is -0.388 e. The number of aryl methyl sites for hydroxylation is 1. The van der Waals surface area contributed by atoms with Crippen molar-refractivity contribution < 1.29 is 9.50 Å². The molecule has 0 radical (unpaired) electrons. The van der Waals surface area contributed by atoms with Crippen molar-refractivity contribution in [3.8, 4) is 0 Å². The normalized spacial score (nSPS) is 20.0. The molecule has 112 valence electrons. The Hall–Kier alpha value is -1.53. The zero-order valence-corrected chi connectivity index (χ0v) is 12.7. The van der Waals surface area contributed by atoms with E-state index in [4.69, 9.17) is 0 Å². The Morgan fingerprint density at radius 2 is 2.14 bits per heavy atom. The van der Waals surface area contributed by atoms with Gasteiger partial charge in [-0.05, 0) is 43.9 Å². The molecule has 1 fully saturated rings. The molecule has 1 saturated heterocycles. The van der Waals surface area contributed by atoms with Gasteiger partial charge < -0.3 is 10.0 Å². The highest BCUT2D eigenvalue weighted by Gasteiger charge is 2.29. The van der Waals surface area contributed by atoms with Gasteiger partial charge in [0.2, 0.25) is 5.13 Å². The SMILES string of the molecule is Cc1nnc(N2CCC[C@@H]2C[C@@H](O)c2ccc(F)cc2)s1. The summed E-state index contributed by atoms with van der Waals surface area (Å²) >= 11 is 1.59. The van der Waals surface area contributed by atoms with Crippen molar-refractivity contribution >= 4 is 16.5 Å². The van der Waals surface area contributed by atoms with Gasteiger partial charge in [-0.25, -0.2) is 4.39 Å². The van der Waals surface area contributed by atoms with E-state index in [-0.39, 0.29) is 11.9 Å². The van der Waals surface area contributed by atoms with Crippen molar-refractivity contribution in [3.05, 3.63) is 40.7 Å². The first kappa shape index (κ1) is 14.4. The van der Waals surface area contributed by atoms with E-state index in [1.165, 1.54) is 12.1 Å². The molecule has 6 heteroatoms. The first-order valence-corrected chi connectivity index (χ1v) is 7.95. The van der Waals surface area contributed by atoms with Crippen molar-refractivity contribution in [2.75, 3.05) is 11.4 Å². The molecule has 21 heavy (non-hydrogen) atoms. The Labute approximate surface area is 127 Å². The number of hydrogen-bond donors (Lipinski definition) is 1. The second-order valence-electron chi connectivity index (χ2n) is 5.40. The topological polar surface area (TPSA) is 49.2 Å². The van der Waals surface area contributed by atoms with Gasteiger partial charge in [-0.3, -0.25) is 0 Å². The number of hydrogen-bond acceptors (Lipinski definition) is 5. The molecule has 2 aromatic rings. The minimum atomic E-state index is -0.579. The summed E-state index contributed by atoms with van der Waals surface area (Å²) in [5.74, 6) is -0.280. The molecular weight excluding hydrogens is 289 g/mol. The van der Waals surface area contributed by atoms with E-state index >= 15 is 0 Å². The Morgan fingerprint density at radius 3 is 2.81 bits per heavy atom. The molecule has 0 saturated carbocycles. The second kappa shape index (κ2) is 6.07. The molecule has 0 amide bonds. The minimum absolute atomic E-state index is 0.261. The van der Waals surface area contributed by atoms with Gasteiger partial charge in [0.1, 0.15) is 10.8 Å². The molecule has 1 aromatic heterocycles. The maximum absolute atomic E-state index is 12.9. The lowest BCUT2D eigenvalue weighted by Gasteiger charge is -2.25. The lowest BCUT2D eigenvalue weighted by molar-refractivity contribution is 0.158. The smallest absolute Gasteiger partial charge is 0.208 e. The van der Waals surface area contributed by atoms with E-state index in [9.17, 15) is 9.50 Å². The van der Waals surface area contributed by atoms with Gasteiger partial charge in [0.25, 0.3) is 0 Å². The Kier molecular flexibility index (Phi) is 4.17. The average molecular weight is 307 g/mol. The van der Waals surface area contributed by atoms with Crippen LogP contribution in [0.2, 0.25) is 0 Å². The molecule has 0 bridgehead atoms. The van der Waals surface area contributed by atoms with Crippen LogP contribution in [-0.4, -0.2) is 27.9 Å². The van der Waals surface area contributed by atoms with Gasteiger partial charge in [0, 0.05) is 12.6 Å². The monoisotopic (exact) mass is 307 g/mol. The maximum atomic E-state index is 12.9. The molecule has 1 N–H and O–H groups in total. The highest BCUT2D eigenvalue weighted by molar-refractivity contribution is 7.15. The van der Waals surface area contributed by atoms with Crippen LogP contribution in [0, 0.1) is 12.7 Å². The largest absolute Gasteiger partial charge is 0.388 e. The molecular formula is C15H18FN3OS. The fourth-order valence-corrected chi connectivity index (χ4v) is 3.60. The summed E-state index contributed by atoms with van der Waals surface area (Å²) in [7, 11) is 0. The standard InChI is InChI=1S/C15H18FN3OS/c1-10-17-18-15(21-10)19-8-2-3-13(19)9-14(20)11-4-6-12(16)7-5-11/h4-7,13-14,20H,2-3,8-9H2,1H3/t13-,14-/m1/s1. The predicted octanol–water partition coefficient (Wildman–Crippen LogP) is 3.08. The summed E-state index contributed by atoms with van der Waals surface area (Å²) in [4.78, 5) is 2.23. The van der Waals surface area contributed by atoms with Crippen molar-refractivity contribution in [3.63, 3.8) is 0 Å². The molecule has 1 aliphatic heterocycles. The van der Waals surface area contributed by atoms with Crippen LogP contribution in [0.1, 0.15) is 35.9 Å². The number of aliphatic hydroxyl groups excluding tert-OH is 1. The first-order valence-electron chi connectivity index (χ1n) is 7.14. The van der Waals surface area contributed by atoms with Crippen LogP contribution in [0.3, 0.4) is 0 Å². The Balaban J connectivity index is 1.69. The number of anilines is 1. The van der Waals surface area contributed by atoms with E-state index in [1.807, 2.05) is 6.92 Å². The zero-order valence-electron chi connectivity index (χ0n) is 11.9. The van der Waals surface area contributed by atoms with E-state index in [2.05, 4.69) is 15.1 Å². The van der Waals surface area contributed by atoms with Gasteiger partial charge in [-0.1, -0.05) is 23.5 Å². The number of aliphatic hydroxyl groups is 1. The van der Waals surface area contributed by atoms with Crippen LogP contribution in [0.25, 0.3) is 0 Å². The highest BCUT2D eigenvalue weighted by Crippen LogP contribution is 2.32. The lowest BCUT2D eigenvalue weighted by atomic mass is 10.0. The fourth-order valence-electron chi connectivity index (χ4n) is 2.81. The van der Waals surface area contributed by atoms with Crippen molar-refractivity contribution in [1.82, 2.24) is 10.2 Å². The number of benzene rings is 1. The Morgan fingerprint density at radius 1 is 1.38 bits per heavy atom. The van der Waals surface area contributed by atoms with E-state index < -0.39 is 6.10 Å². The van der Waals surface area contributed by atoms with E-state index in [1.54, 1.807) is 23.5 Å². The summed E-state index contributed by atoms with van der Waals surface area (Å²) in [6.07, 6.45) is 2.19. The van der Waals surface area contributed by atoms with Gasteiger partial charge in [0.15, 0.2) is 0 Å². The maximum Gasteiger partial charge on any atom is 0.208 e. The number of aromatic nitrogens is 2. The molecule has 0 aliphatic carbocycles. The van der Waals surface area contributed by atoms with E-state index in [0.717, 1.165) is 35.1 Å². The molecule has 0 spiro atoms. The average Bonchev–Trinajstić information content (AvgIpc) is 3.08. The van der Waals surface area contributed by atoms with Crippen LogP contribution in [0.5, 0.6) is 0 Å². The molecule has 4 nitrogen and oxygen atoms in total. The van der Waals surface area contributed by atoms with Gasteiger partial charge in [-0.15, -0.1) is 10.2 Å². The van der Waals surface area contributed by atoms with Crippen molar-refractivity contribution in [2.24, 2.45) is 0 Å². The third-order valence-corrected chi connectivity index (χ3v) is 4.76. The Bertz CT molecular complexity index is 601. The third kappa shape index (κ3) is 3.22. The summed E-state index contributed by atoms with van der Waals surface area (Å²) in [6, 6.07) is 6.33. The van der Waals surface area contributed by atoms with Gasteiger partial charge >= 0.3 is 0 Å². The van der Waals surface area contributed by atoms with Gasteiger partial charge in [0.05, 0.1) is 6.10 Å². The molecule has 0 unspecified atom stereocenters. The molecule has 3 rings (SSSR count).